The Balaban J connectivity index is 1.75. The summed E-state index contributed by atoms with van der Waals surface area (Å²) in [5.74, 6) is 1.15. The zero-order valence-corrected chi connectivity index (χ0v) is 14.8. The maximum absolute atomic E-state index is 11.5. The third kappa shape index (κ3) is 4.24. The van der Waals surface area contributed by atoms with Crippen LogP contribution in [0.25, 0.3) is 0 Å². The van der Waals surface area contributed by atoms with Crippen LogP contribution in [0.3, 0.4) is 0 Å². The molecule has 1 N–H and O–H groups in total. The summed E-state index contributed by atoms with van der Waals surface area (Å²) in [6.45, 7) is 5.83. The minimum Gasteiger partial charge on any atom is -0.465 e. The first-order valence-electron chi connectivity index (χ1n) is 8.30. The second-order valence-electron chi connectivity index (χ2n) is 6.18. The lowest BCUT2D eigenvalue weighted by atomic mass is 10.2. The Morgan fingerprint density at radius 1 is 1.12 bits per heavy atom. The number of aromatic nitrogens is 2. The maximum atomic E-state index is 11.5. The van der Waals surface area contributed by atoms with Gasteiger partial charge in [0.25, 0.3) is 0 Å². The normalized spacial score (nSPS) is 15.1. The average Bonchev–Trinajstić information content (AvgIpc) is 2.62. The van der Waals surface area contributed by atoms with E-state index in [9.17, 15) is 4.79 Å². The van der Waals surface area contributed by atoms with Gasteiger partial charge in [-0.3, -0.25) is 0 Å². The van der Waals surface area contributed by atoms with Crippen LogP contribution in [0.15, 0.2) is 30.3 Å². The van der Waals surface area contributed by atoms with Crippen LogP contribution in [-0.4, -0.2) is 61.2 Å². The van der Waals surface area contributed by atoms with Crippen molar-refractivity contribution in [1.29, 1.82) is 0 Å². The zero-order valence-electron chi connectivity index (χ0n) is 14.8. The Bertz CT molecular complexity index is 740. The number of carbonyl (C=O) groups excluding carboxylic acids is 1. The number of hydrogen-bond acceptors (Lipinski definition) is 7. The molecule has 132 valence electrons. The SMILES string of the molecule is COC(=O)c1ccc(Nc2cc(C)nc(N3CCN(C)CC3)n2)cc1. The Kier molecular flexibility index (Phi) is 5.14. The topological polar surface area (TPSA) is 70.6 Å². The quantitative estimate of drug-likeness (QED) is 0.854. The lowest BCUT2D eigenvalue weighted by molar-refractivity contribution is 0.0601. The van der Waals surface area contributed by atoms with Gasteiger partial charge in [0.05, 0.1) is 12.7 Å². The van der Waals surface area contributed by atoms with Gasteiger partial charge >= 0.3 is 5.97 Å². The summed E-state index contributed by atoms with van der Waals surface area (Å²) in [4.78, 5) is 25.2. The van der Waals surface area contributed by atoms with Gasteiger partial charge in [-0.2, -0.15) is 4.98 Å². The molecule has 2 aromatic rings. The minimum absolute atomic E-state index is 0.346. The number of carbonyl (C=O) groups is 1. The molecular formula is C18H23N5O2. The van der Waals surface area contributed by atoms with Gasteiger partial charge < -0.3 is 19.9 Å². The molecule has 0 unspecified atom stereocenters. The van der Waals surface area contributed by atoms with Gasteiger partial charge in [0.1, 0.15) is 5.82 Å². The van der Waals surface area contributed by atoms with Crippen molar-refractivity contribution in [2.45, 2.75) is 6.92 Å². The fourth-order valence-electron chi connectivity index (χ4n) is 2.72. The van der Waals surface area contributed by atoms with E-state index in [0.29, 0.717) is 5.56 Å². The molecule has 1 aromatic heterocycles. The molecule has 0 saturated carbocycles. The van der Waals surface area contributed by atoms with E-state index in [1.54, 1.807) is 12.1 Å². The number of nitrogens with one attached hydrogen (secondary N) is 1. The van der Waals surface area contributed by atoms with Crippen molar-refractivity contribution >= 4 is 23.4 Å². The van der Waals surface area contributed by atoms with Gasteiger partial charge in [-0.25, -0.2) is 9.78 Å². The second-order valence-corrected chi connectivity index (χ2v) is 6.18. The Hall–Kier alpha value is -2.67. The highest BCUT2D eigenvalue weighted by molar-refractivity contribution is 5.89. The Morgan fingerprint density at radius 2 is 1.80 bits per heavy atom. The van der Waals surface area contributed by atoms with Crippen LogP contribution in [0.2, 0.25) is 0 Å². The van der Waals surface area contributed by atoms with Gasteiger partial charge in [0.15, 0.2) is 0 Å². The molecule has 1 aromatic carbocycles. The highest BCUT2D eigenvalue weighted by Crippen LogP contribution is 2.20. The van der Waals surface area contributed by atoms with Gasteiger partial charge in [-0.15, -0.1) is 0 Å². The molecule has 0 spiro atoms. The highest BCUT2D eigenvalue weighted by atomic mass is 16.5. The summed E-state index contributed by atoms with van der Waals surface area (Å²) in [5, 5.41) is 3.28. The predicted octanol–water partition coefficient (Wildman–Crippen LogP) is 2.07. The number of piperazine rings is 1. The standard InChI is InChI=1S/C18H23N5O2/c1-13-12-16(20-15-6-4-14(5-7-15)17(24)25-3)21-18(19-13)23-10-8-22(2)9-11-23/h4-7,12H,8-11H2,1-3H3,(H,19,20,21). The van der Waals surface area contributed by atoms with E-state index in [-0.39, 0.29) is 5.97 Å². The third-order valence-electron chi connectivity index (χ3n) is 4.21. The van der Waals surface area contributed by atoms with Crippen LogP contribution in [0.1, 0.15) is 16.1 Å². The molecule has 2 heterocycles. The predicted molar refractivity (Wildman–Crippen MR) is 97.5 cm³/mol. The van der Waals surface area contributed by atoms with Crippen molar-refractivity contribution in [3.05, 3.63) is 41.6 Å². The fourth-order valence-corrected chi connectivity index (χ4v) is 2.72. The molecule has 1 aliphatic rings. The molecule has 0 radical (unpaired) electrons. The molecule has 7 nitrogen and oxygen atoms in total. The lowest BCUT2D eigenvalue weighted by Crippen LogP contribution is -2.45. The zero-order chi connectivity index (χ0) is 17.8. The summed E-state index contributed by atoms with van der Waals surface area (Å²) in [7, 11) is 3.50. The number of esters is 1. The largest absolute Gasteiger partial charge is 0.465 e. The minimum atomic E-state index is -0.346. The van der Waals surface area contributed by atoms with E-state index < -0.39 is 0 Å². The number of aryl methyl sites for hydroxylation is 1. The molecule has 0 atom stereocenters. The van der Waals surface area contributed by atoms with Crippen molar-refractivity contribution in [2.75, 3.05) is 50.6 Å². The van der Waals surface area contributed by atoms with Crippen LogP contribution < -0.4 is 10.2 Å². The van der Waals surface area contributed by atoms with Crippen molar-refractivity contribution in [2.24, 2.45) is 0 Å². The summed E-state index contributed by atoms with van der Waals surface area (Å²) >= 11 is 0. The van der Waals surface area contributed by atoms with Gasteiger partial charge in [-0.05, 0) is 38.2 Å². The van der Waals surface area contributed by atoms with Crippen molar-refractivity contribution < 1.29 is 9.53 Å². The molecule has 1 fully saturated rings. The van der Waals surface area contributed by atoms with Crippen LogP contribution in [0.4, 0.5) is 17.5 Å². The number of methoxy groups -OCH3 is 1. The number of ether oxygens (including phenoxy) is 1. The van der Waals surface area contributed by atoms with E-state index in [1.807, 2.05) is 25.1 Å². The number of likely N-dealkylation sites (N-methyl/N-ethyl adjacent to an activating group) is 1. The van der Waals surface area contributed by atoms with Crippen molar-refractivity contribution in [3.63, 3.8) is 0 Å². The molecule has 3 rings (SSSR count). The fraction of sp³-hybridized carbons (Fsp3) is 0.389. The van der Waals surface area contributed by atoms with E-state index in [1.165, 1.54) is 7.11 Å². The lowest BCUT2D eigenvalue weighted by Gasteiger charge is -2.32. The first-order chi connectivity index (χ1) is 12.0. The smallest absolute Gasteiger partial charge is 0.337 e. The second kappa shape index (κ2) is 7.48. The summed E-state index contributed by atoms with van der Waals surface area (Å²) in [6, 6.07) is 9.03. The van der Waals surface area contributed by atoms with Gasteiger partial charge in [0, 0.05) is 43.6 Å². The first-order valence-corrected chi connectivity index (χ1v) is 8.30. The molecule has 25 heavy (non-hydrogen) atoms. The highest BCUT2D eigenvalue weighted by Gasteiger charge is 2.17. The monoisotopic (exact) mass is 341 g/mol. The molecule has 0 aliphatic carbocycles. The van der Waals surface area contributed by atoms with E-state index >= 15 is 0 Å². The Morgan fingerprint density at radius 3 is 2.44 bits per heavy atom. The molecule has 1 aliphatic heterocycles. The number of rotatable bonds is 4. The number of benzene rings is 1. The molecule has 1 saturated heterocycles. The van der Waals surface area contributed by atoms with Gasteiger partial charge in [0.2, 0.25) is 5.95 Å². The van der Waals surface area contributed by atoms with Crippen LogP contribution in [0, 0.1) is 6.92 Å². The van der Waals surface area contributed by atoms with E-state index in [2.05, 4.69) is 32.1 Å². The van der Waals surface area contributed by atoms with E-state index in [0.717, 1.165) is 49.3 Å². The maximum Gasteiger partial charge on any atom is 0.337 e. The van der Waals surface area contributed by atoms with Crippen molar-refractivity contribution in [1.82, 2.24) is 14.9 Å². The average molecular weight is 341 g/mol. The number of hydrogen-bond donors (Lipinski definition) is 1. The number of anilines is 3. The Labute approximate surface area is 147 Å². The summed E-state index contributed by atoms with van der Waals surface area (Å²) < 4.78 is 4.71. The van der Waals surface area contributed by atoms with Crippen LogP contribution >= 0.6 is 0 Å². The molecule has 0 amide bonds. The van der Waals surface area contributed by atoms with Crippen LogP contribution in [0.5, 0.6) is 0 Å². The summed E-state index contributed by atoms with van der Waals surface area (Å²) in [6.07, 6.45) is 0. The van der Waals surface area contributed by atoms with E-state index in [4.69, 9.17) is 4.74 Å². The van der Waals surface area contributed by atoms with Gasteiger partial charge in [-0.1, -0.05) is 0 Å². The van der Waals surface area contributed by atoms with Crippen LogP contribution in [-0.2, 0) is 4.74 Å². The number of nitrogens with zero attached hydrogens (tertiary/aromatic N) is 4. The summed E-state index contributed by atoms with van der Waals surface area (Å²) in [5.41, 5.74) is 2.29. The van der Waals surface area contributed by atoms with Crippen molar-refractivity contribution in [3.8, 4) is 0 Å². The third-order valence-corrected chi connectivity index (χ3v) is 4.21. The first kappa shape index (κ1) is 17.2. The molecule has 7 heteroatoms. The molecule has 0 bridgehead atoms. The molecular weight excluding hydrogens is 318 g/mol.